The minimum Gasteiger partial charge on any atom is -0.365 e. The van der Waals surface area contributed by atoms with Gasteiger partial charge in [-0.15, -0.1) is 16.4 Å². The largest absolute Gasteiger partial charge is 0.365 e. The van der Waals surface area contributed by atoms with Gasteiger partial charge in [-0.05, 0) is 31.7 Å². The zero-order valence-corrected chi connectivity index (χ0v) is 16.6. The molecule has 0 unspecified atom stereocenters. The van der Waals surface area contributed by atoms with Gasteiger partial charge in [0.2, 0.25) is 0 Å². The predicted molar refractivity (Wildman–Crippen MR) is 124 cm³/mol. The number of benzene rings is 1. The second-order valence-corrected chi connectivity index (χ2v) is 7.69. The van der Waals surface area contributed by atoms with E-state index in [1.54, 1.807) is 0 Å². The number of anilines is 1. The molecule has 0 saturated heterocycles. The van der Waals surface area contributed by atoms with E-state index in [0.29, 0.717) is 5.82 Å². The van der Waals surface area contributed by atoms with E-state index < -0.39 is 0 Å². The fraction of sp³-hybridized carbons (Fsp3) is 0.375. The molecule has 10 heteroatoms. The van der Waals surface area contributed by atoms with Crippen molar-refractivity contribution in [3.05, 3.63) is 32.5 Å². The highest BCUT2D eigenvalue weighted by atomic mass is 16.2. The summed E-state index contributed by atoms with van der Waals surface area (Å²) >= 11 is 0. The molecule has 1 aliphatic rings. The van der Waals surface area contributed by atoms with Gasteiger partial charge >= 0.3 is 5.69 Å². The maximum Gasteiger partial charge on any atom is 0.330 e. The Balaban J connectivity index is 1.95. The Morgan fingerprint density at radius 3 is 2.04 bits per heavy atom. The van der Waals surface area contributed by atoms with Gasteiger partial charge in [0.1, 0.15) is 45.0 Å². The van der Waals surface area contributed by atoms with E-state index in [1.807, 2.05) is 0 Å². The molecule has 130 valence electrons. The third-order valence-electron chi connectivity index (χ3n) is 6.27. The number of hydrogen-bond donors (Lipinski definition) is 2. The molecule has 1 saturated carbocycles. The number of aromatic nitrogens is 2. The summed E-state index contributed by atoms with van der Waals surface area (Å²) in [6.45, 7) is 2.07. The van der Waals surface area contributed by atoms with Gasteiger partial charge in [-0.1, -0.05) is 10.9 Å². The van der Waals surface area contributed by atoms with Gasteiger partial charge in [0.25, 0.3) is 5.56 Å². The smallest absolute Gasteiger partial charge is 0.330 e. The average molecular weight is 344 g/mol. The van der Waals surface area contributed by atoms with Crippen molar-refractivity contribution in [1.29, 1.82) is 0 Å². The van der Waals surface area contributed by atoms with Gasteiger partial charge < -0.3 is 5.32 Å². The van der Waals surface area contributed by atoms with Crippen molar-refractivity contribution >= 4 is 72.4 Å². The molecular weight excluding hydrogens is 320 g/mol. The van der Waals surface area contributed by atoms with E-state index in [4.69, 9.17) is 0 Å². The molecule has 0 amide bonds. The molecule has 0 spiro atoms. The van der Waals surface area contributed by atoms with Crippen molar-refractivity contribution in [2.24, 2.45) is 0 Å². The van der Waals surface area contributed by atoms with Crippen molar-refractivity contribution in [3.63, 3.8) is 0 Å². The van der Waals surface area contributed by atoms with Gasteiger partial charge in [-0.3, -0.25) is 14.3 Å². The molecule has 3 rings (SSSR count). The van der Waals surface area contributed by atoms with E-state index >= 15 is 0 Å². The Kier molecular flexibility index (Phi) is 5.04. The first-order valence-electron chi connectivity index (χ1n) is 9.41. The minimum atomic E-state index is -0.318. The van der Waals surface area contributed by atoms with E-state index in [1.165, 1.54) is 43.5 Å². The summed E-state index contributed by atoms with van der Waals surface area (Å²) in [6, 6.07) is 1.56. The van der Waals surface area contributed by atoms with Crippen LogP contribution in [0.5, 0.6) is 0 Å². The Labute approximate surface area is 158 Å². The van der Waals surface area contributed by atoms with Gasteiger partial charge in [0, 0.05) is 18.2 Å². The Morgan fingerprint density at radius 2 is 1.58 bits per heavy atom. The van der Waals surface area contributed by atoms with Crippen molar-refractivity contribution in [1.82, 2.24) is 9.55 Å². The number of nitrogens with zero attached hydrogens (tertiary/aromatic N) is 1. The van der Waals surface area contributed by atoms with Gasteiger partial charge in [0.05, 0.1) is 0 Å². The summed E-state index contributed by atoms with van der Waals surface area (Å²) < 4.78 is 1.36. The molecule has 1 aromatic heterocycles. The van der Waals surface area contributed by atoms with Gasteiger partial charge in [-0.25, -0.2) is 4.79 Å². The molecule has 0 bridgehead atoms. The molecule has 5 nitrogen and oxygen atoms in total. The lowest BCUT2D eigenvalue weighted by molar-refractivity contribution is 0.296. The SMILES string of the molecule is Bc1c(B)c(B)c([C@H](C)Nc2cc(=O)n(C3CCC3)c(=O)[nH]2)c(B)c1B. The van der Waals surface area contributed by atoms with Crippen LogP contribution in [0.1, 0.15) is 43.8 Å². The Bertz CT molecular complexity index is 921. The van der Waals surface area contributed by atoms with Crippen LogP contribution in [0, 0.1) is 0 Å². The highest BCUT2D eigenvalue weighted by molar-refractivity contribution is 6.67. The lowest BCUT2D eigenvalue weighted by atomic mass is 9.59. The molecule has 1 aromatic carbocycles. The fourth-order valence-corrected chi connectivity index (χ4v) is 4.06. The number of hydrogen-bond acceptors (Lipinski definition) is 3. The summed E-state index contributed by atoms with van der Waals surface area (Å²) in [7, 11) is 10.7. The van der Waals surface area contributed by atoms with Crippen molar-refractivity contribution in [3.8, 4) is 0 Å². The predicted octanol–water partition coefficient (Wildman–Crippen LogP) is -6.27. The average Bonchev–Trinajstić information content (AvgIpc) is 2.52. The first kappa shape index (κ1) is 18.8. The normalized spacial score (nSPS) is 15.4. The number of nitrogens with one attached hydrogen (secondary N) is 2. The van der Waals surface area contributed by atoms with Crippen LogP contribution < -0.4 is 43.9 Å². The summed E-state index contributed by atoms with van der Waals surface area (Å²) in [6.07, 6.45) is 2.90. The van der Waals surface area contributed by atoms with Crippen LogP contribution in [0.25, 0.3) is 0 Å². The number of H-pyrrole nitrogens is 1. The molecule has 1 heterocycles. The maximum atomic E-state index is 12.4. The van der Waals surface area contributed by atoms with Gasteiger partial charge in [-0.2, -0.15) is 0 Å². The molecule has 0 aliphatic heterocycles. The second-order valence-electron chi connectivity index (χ2n) is 7.69. The highest BCUT2D eigenvalue weighted by Crippen LogP contribution is 2.28. The third kappa shape index (κ3) is 3.10. The standard InChI is InChI=1S/C16H24B5N3O2/c1-6(10-11(17)13(19)15(21)14(20)12(10)18)22-8-5-9(25)24(16(26)23-8)7-3-2-4-7/h5-7,22H,2-4,17-21H2,1H3,(H,23,26)/t6-/m0/s1. The Morgan fingerprint density at radius 1 is 1.04 bits per heavy atom. The lowest BCUT2D eigenvalue weighted by Gasteiger charge is -2.27. The van der Waals surface area contributed by atoms with Gasteiger partial charge in [0.15, 0.2) is 0 Å². The number of rotatable bonds is 4. The zero-order chi connectivity index (χ0) is 19.2. The summed E-state index contributed by atoms with van der Waals surface area (Å²) in [5.74, 6) is 0.484. The molecular formula is C16H24B5N3O2. The topological polar surface area (TPSA) is 66.9 Å². The Hall–Kier alpha value is -1.98. The maximum absolute atomic E-state index is 12.4. The van der Waals surface area contributed by atoms with Crippen LogP contribution >= 0.6 is 0 Å². The van der Waals surface area contributed by atoms with Crippen molar-refractivity contribution < 1.29 is 0 Å². The molecule has 1 aliphatic carbocycles. The molecule has 1 atom stereocenters. The minimum absolute atomic E-state index is 0.0115. The van der Waals surface area contributed by atoms with Crippen molar-refractivity contribution in [2.45, 2.75) is 38.3 Å². The zero-order valence-electron chi connectivity index (χ0n) is 16.6. The fourth-order valence-electron chi connectivity index (χ4n) is 4.06. The second kappa shape index (κ2) is 6.97. The van der Waals surface area contributed by atoms with E-state index in [9.17, 15) is 9.59 Å². The molecule has 1 fully saturated rings. The monoisotopic (exact) mass is 345 g/mol. The summed E-state index contributed by atoms with van der Waals surface area (Å²) in [5.41, 5.74) is 7.13. The van der Waals surface area contributed by atoms with Crippen LogP contribution in [-0.2, 0) is 0 Å². The molecule has 2 N–H and O–H groups in total. The first-order valence-corrected chi connectivity index (χ1v) is 9.41. The quantitative estimate of drug-likeness (QED) is 0.543. The van der Waals surface area contributed by atoms with E-state index in [2.05, 4.69) is 56.5 Å². The van der Waals surface area contributed by atoms with Crippen LogP contribution in [0.2, 0.25) is 0 Å². The highest BCUT2D eigenvalue weighted by Gasteiger charge is 2.23. The summed E-state index contributed by atoms with van der Waals surface area (Å²) in [5, 5.41) is 3.33. The van der Waals surface area contributed by atoms with Crippen LogP contribution in [0.3, 0.4) is 0 Å². The van der Waals surface area contributed by atoms with E-state index in [0.717, 1.165) is 19.3 Å². The molecule has 0 radical (unpaired) electrons. The number of aromatic amines is 1. The first-order chi connectivity index (χ1) is 12.2. The molecule has 2 aromatic rings. The van der Waals surface area contributed by atoms with Crippen LogP contribution in [0.15, 0.2) is 15.7 Å². The molecule has 26 heavy (non-hydrogen) atoms. The van der Waals surface area contributed by atoms with Crippen LogP contribution in [-0.4, -0.2) is 48.8 Å². The third-order valence-corrected chi connectivity index (χ3v) is 6.27. The van der Waals surface area contributed by atoms with E-state index in [-0.39, 0.29) is 23.3 Å². The summed E-state index contributed by atoms with van der Waals surface area (Å²) in [4.78, 5) is 27.6. The lowest BCUT2D eigenvalue weighted by Crippen LogP contribution is -2.57. The van der Waals surface area contributed by atoms with Crippen molar-refractivity contribution in [2.75, 3.05) is 5.32 Å². The van der Waals surface area contributed by atoms with Crippen LogP contribution in [0.4, 0.5) is 5.82 Å².